The summed E-state index contributed by atoms with van der Waals surface area (Å²) in [7, 11) is 0. The van der Waals surface area contributed by atoms with Gasteiger partial charge in [0.05, 0.1) is 0 Å². The topological polar surface area (TPSA) is 70.6 Å². The third-order valence-electron chi connectivity index (χ3n) is 2.17. The fourth-order valence-corrected chi connectivity index (χ4v) is 1.33. The molecule has 0 radical (unpaired) electrons. The minimum absolute atomic E-state index is 0.293. The Morgan fingerprint density at radius 3 is 2.71 bits per heavy atom. The van der Waals surface area contributed by atoms with Crippen molar-refractivity contribution in [3.8, 4) is 0 Å². The summed E-state index contributed by atoms with van der Waals surface area (Å²) in [6, 6.07) is 0.306. The third-order valence-corrected chi connectivity index (χ3v) is 3.14. The zero-order valence-corrected chi connectivity index (χ0v) is 9.97. The number of nitrogens with one attached hydrogen (secondary N) is 1. The van der Waals surface area contributed by atoms with Gasteiger partial charge in [0.2, 0.25) is 0 Å². The fraction of sp³-hybridized carbons (Fsp3) is 0.889. The van der Waals surface area contributed by atoms with Crippen LogP contribution in [0.1, 0.15) is 26.7 Å². The van der Waals surface area contributed by atoms with Crippen LogP contribution in [-0.2, 0) is 0 Å². The maximum Gasteiger partial charge on any atom is 0.140 e. The van der Waals surface area contributed by atoms with Gasteiger partial charge in [-0.15, -0.1) is 0 Å². The van der Waals surface area contributed by atoms with Gasteiger partial charge in [-0.25, -0.2) is 0 Å². The van der Waals surface area contributed by atoms with Crippen molar-refractivity contribution in [3.05, 3.63) is 0 Å². The van der Waals surface area contributed by atoms with E-state index < -0.39 is 0 Å². The van der Waals surface area contributed by atoms with Crippen molar-refractivity contribution < 1.29 is 5.21 Å². The van der Waals surface area contributed by atoms with Crippen LogP contribution >= 0.6 is 11.8 Å². The van der Waals surface area contributed by atoms with Crippen LogP contribution in [0.2, 0.25) is 0 Å². The van der Waals surface area contributed by atoms with E-state index in [0.717, 1.165) is 13.0 Å². The van der Waals surface area contributed by atoms with Crippen LogP contribution in [0.25, 0.3) is 0 Å². The van der Waals surface area contributed by atoms with Crippen molar-refractivity contribution in [1.82, 2.24) is 5.32 Å². The second-order valence-corrected chi connectivity index (χ2v) is 4.63. The summed E-state index contributed by atoms with van der Waals surface area (Å²) in [6.07, 6.45) is 3.68. The Bertz CT molecular complexity index is 175. The SMILES string of the molecule is CCC(CC(N)=NO)NCC(C)SC. The van der Waals surface area contributed by atoms with E-state index in [1.165, 1.54) is 0 Å². The fourth-order valence-electron chi connectivity index (χ4n) is 1.07. The molecule has 2 unspecified atom stereocenters. The molecule has 0 aliphatic heterocycles. The van der Waals surface area contributed by atoms with Crippen LogP contribution < -0.4 is 11.1 Å². The summed E-state index contributed by atoms with van der Waals surface area (Å²) in [4.78, 5) is 0. The molecule has 0 saturated carbocycles. The molecule has 2 atom stereocenters. The van der Waals surface area contributed by atoms with Gasteiger partial charge in [-0.3, -0.25) is 0 Å². The first-order chi connectivity index (χ1) is 6.63. The second-order valence-electron chi connectivity index (χ2n) is 3.36. The number of oxime groups is 1. The van der Waals surface area contributed by atoms with Crippen LogP contribution in [-0.4, -0.2) is 35.1 Å². The lowest BCUT2D eigenvalue weighted by atomic mass is 10.1. The van der Waals surface area contributed by atoms with E-state index >= 15 is 0 Å². The summed E-state index contributed by atoms with van der Waals surface area (Å²) in [5, 5.41) is 15.4. The number of nitrogens with zero attached hydrogens (tertiary/aromatic N) is 1. The summed E-state index contributed by atoms with van der Waals surface area (Å²) < 4.78 is 0. The molecule has 0 aromatic heterocycles. The first kappa shape index (κ1) is 13.6. The van der Waals surface area contributed by atoms with Crippen molar-refractivity contribution in [2.45, 2.75) is 38.0 Å². The molecule has 0 spiro atoms. The van der Waals surface area contributed by atoms with E-state index in [-0.39, 0.29) is 0 Å². The molecule has 0 saturated heterocycles. The standard InChI is InChI=1S/C9H21N3OS/c1-4-8(5-9(10)12-13)11-6-7(2)14-3/h7-8,11,13H,4-6H2,1-3H3,(H2,10,12). The smallest absolute Gasteiger partial charge is 0.140 e. The van der Waals surface area contributed by atoms with Crippen LogP contribution in [0.4, 0.5) is 0 Å². The Labute approximate surface area is 90.3 Å². The number of thioether (sulfide) groups is 1. The normalized spacial score (nSPS) is 16.6. The van der Waals surface area contributed by atoms with E-state index in [2.05, 4.69) is 30.6 Å². The lowest BCUT2D eigenvalue weighted by Gasteiger charge is -2.18. The van der Waals surface area contributed by atoms with Gasteiger partial charge in [0, 0.05) is 24.3 Å². The molecule has 0 amide bonds. The molecule has 0 aliphatic rings. The van der Waals surface area contributed by atoms with Gasteiger partial charge in [-0.05, 0) is 12.7 Å². The van der Waals surface area contributed by atoms with Crippen LogP contribution in [0.3, 0.4) is 0 Å². The van der Waals surface area contributed by atoms with E-state index in [4.69, 9.17) is 10.9 Å². The minimum Gasteiger partial charge on any atom is -0.409 e. The molecular weight excluding hydrogens is 198 g/mol. The highest BCUT2D eigenvalue weighted by Gasteiger charge is 2.09. The largest absolute Gasteiger partial charge is 0.409 e. The molecule has 0 bridgehead atoms. The van der Waals surface area contributed by atoms with Crippen molar-refractivity contribution >= 4 is 17.6 Å². The highest BCUT2D eigenvalue weighted by molar-refractivity contribution is 7.99. The molecule has 4 nitrogen and oxygen atoms in total. The Morgan fingerprint density at radius 1 is 1.64 bits per heavy atom. The first-order valence-electron chi connectivity index (χ1n) is 4.86. The van der Waals surface area contributed by atoms with Crippen LogP contribution in [0, 0.1) is 0 Å². The molecule has 0 fully saturated rings. The van der Waals surface area contributed by atoms with Crippen molar-refractivity contribution in [2.75, 3.05) is 12.8 Å². The quantitative estimate of drug-likeness (QED) is 0.261. The van der Waals surface area contributed by atoms with Crippen molar-refractivity contribution in [1.29, 1.82) is 0 Å². The zero-order chi connectivity index (χ0) is 11.0. The molecule has 0 heterocycles. The zero-order valence-electron chi connectivity index (χ0n) is 9.16. The number of rotatable bonds is 7. The summed E-state index contributed by atoms with van der Waals surface area (Å²) >= 11 is 1.83. The van der Waals surface area contributed by atoms with Gasteiger partial charge in [-0.2, -0.15) is 11.8 Å². The highest BCUT2D eigenvalue weighted by atomic mass is 32.2. The average molecular weight is 219 g/mol. The molecule has 4 N–H and O–H groups in total. The predicted molar refractivity (Wildman–Crippen MR) is 63.1 cm³/mol. The van der Waals surface area contributed by atoms with E-state index in [0.29, 0.717) is 23.5 Å². The summed E-state index contributed by atoms with van der Waals surface area (Å²) in [5.74, 6) is 0.293. The molecule has 5 heteroatoms. The second kappa shape index (κ2) is 7.94. The number of hydrogen-bond donors (Lipinski definition) is 3. The van der Waals surface area contributed by atoms with Crippen molar-refractivity contribution in [3.63, 3.8) is 0 Å². The highest BCUT2D eigenvalue weighted by Crippen LogP contribution is 2.05. The van der Waals surface area contributed by atoms with Gasteiger partial charge in [0.1, 0.15) is 5.84 Å². The predicted octanol–water partition coefficient (Wildman–Crippen LogP) is 1.24. The van der Waals surface area contributed by atoms with E-state index in [1.807, 2.05) is 11.8 Å². The van der Waals surface area contributed by atoms with Gasteiger partial charge in [0.15, 0.2) is 0 Å². The molecular formula is C9H21N3OS. The van der Waals surface area contributed by atoms with E-state index in [1.54, 1.807) is 0 Å². The Balaban J connectivity index is 3.79. The molecule has 14 heavy (non-hydrogen) atoms. The molecule has 0 aliphatic carbocycles. The lowest BCUT2D eigenvalue weighted by Crippen LogP contribution is -2.36. The summed E-state index contributed by atoms with van der Waals surface area (Å²) in [6.45, 7) is 5.22. The Hall–Kier alpha value is -0.420. The summed E-state index contributed by atoms with van der Waals surface area (Å²) in [5.41, 5.74) is 5.44. The number of hydrogen-bond acceptors (Lipinski definition) is 4. The molecule has 0 rings (SSSR count). The average Bonchev–Trinajstić information content (AvgIpc) is 2.22. The molecule has 84 valence electrons. The maximum atomic E-state index is 8.43. The Kier molecular flexibility index (Phi) is 7.70. The number of amidine groups is 1. The van der Waals surface area contributed by atoms with Gasteiger partial charge >= 0.3 is 0 Å². The molecule has 0 aromatic carbocycles. The monoisotopic (exact) mass is 219 g/mol. The van der Waals surface area contributed by atoms with Crippen molar-refractivity contribution in [2.24, 2.45) is 10.9 Å². The Morgan fingerprint density at radius 2 is 2.29 bits per heavy atom. The lowest BCUT2D eigenvalue weighted by molar-refractivity contribution is 0.315. The van der Waals surface area contributed by atoms with Gasteiger partial charge in [-0.1, -0.05) is 19.0 Å². The minimum atomic E-state index is 0.293. The molecule has 0 aromatic rings. The van der Waals surface area contributed by atoms with Crippen LogP contribution in [0.15, 0.2) is 5.16 Å². The first-order valence-corrected chi connectivity index (χ1v) is 6.15. The third kappa shape index (κ3) is 6.10. The maximum absolute atomic E-state index is 8.43. The van der Waals surface area contributed by atoms with E-state index in [9.17, 15) is 0 Å². The number of nitrogens with two attached hydrogens (primary N) is 1. The van der Waals surface area contributed by atoms with Gasteiger partial charge < -0.3 is 16.3 Å². The van der Waals surface area contributed by atoms with Crippen LogP contribution in [0.5, 0.6) is 0 Å². The van der Waals surface area contributed by atoms with Gasteiger partial charge in [0.25, 0.3) is 0 Å².